The van der Waals surface area contributed by atoms with E-state index in [4.69, 9.17) is 0 Å². The van der Waals surface area contributed by atoms with Gasteiger partial charge in [-0.15, -0.1) is 0 Å². The van der Waals surface area contributed by atoms with E-state index < -0.39 is 0 Å². The third-order valence-electron chi connectivity index (χ3n) is 4.02. The van der Waals surface area contributed by atoms with Gasteiger partial charge in [-0.25, -0.2) is 0 Å². The van der Waals surface area contributed by atoms with E-state index in [-0.39, 0.29) is 0 Å². The Balaban J connectivity index is 2.51. The van der Waals surface area contributed by atoms with Crippen LogP contribution in [0.5, 0.6) is 0 Å². The molecule has 1 saturated carbocycles. The summed E-state index contributed by atoms with van der Waals surface area (Å²) in [4.78, 5) is 2.45. The van der Waals surface area contributed by atoms with E-state index in [1.165, 1.54) is 25.7 Å². The molecule has 0 bridgehead atoms. The summed E-state index contributed by atoms with van der Waals surface area (Å²) in [5.74, 6) is 1.64. The highest BCUT2D eigenvalue weighted by Crippen LogP contribution is 2.35. The molecule has 0 radical (unpaired) electrons. The highest BCUT2D eigenvalue weighted by Gasteiger charge is 2.36. The van der Waals surface area contributed by atoms with Crippen LogP contribution in [0.15, 0.2) is 0 Å². The van der Waals surface area contributed by atoms with Gasteiger partial charge >= 0.3 is 0 Å². The predicted molar refractivity (Wildman–Crippen MR) is 71.8 cm³/mol. The molecule has 1 N–H and O–H groups in total. The molecule has 16 heavy (non-hydrogen) atoms. The van der Waals surface area contributed by atoms with Gasteiger partial charge in [0.2, 0.25) is 0 Å². The summed E-state index contributed by atoms with van der Waals surface area (Å²) in [5.41, 5.74) is 0.409. The molecule has 2 nitrogen and oxygen atoms in total. The van der Waals surface area contributed by atoms with Crippen molar-refractivity contribution in [3.63, 3.8) is 0 Å². The van der Waals surface area contributed by atoms with Crippen molar-refractivity contribution in [1.82, 2.24) is 10.2 Å². The van der Waals surface area contributed by atoms with Gasteiger partial charge in [-0.1, -0.05) is 33.6 Å². The highest BCUT2D eigenvalue weighted by molar-refractivity contribution is 4.94. The second kappa shape index (κ2) is 6.02. The first-order valence-electron chi connectivity index (χ1n) is 6.84. The second-order valence-corrected chi connectivity index (χ2v) is 6.35. The van der Waals surface area contributed by atoms with Gasteiger partial charge in [-0.3, -0.25) is 0 Å². The van der Waals surface area contributed by atoms with Crippen LogP contribution < -0.4 is 5.32 Å². The largest absolute Gasteiger partial charge is 0.315 e. The summed E-state index contributed by atoms with van der Waals surface area (Å²) in [6.07, 6.45) is 5.52. The van der Waals surface area contributed by atoms with E-state index in [1.807, 2.05) is 0 Å². The van der Waals surface area contributed by atoms with Crippen LogP contribution in [0.2, 0.25) is 0 Å². The third-order valence-corrected chi connectivity index (χ3v) is 4.02. The fourth-order valence-corrected chi connectivity index (χ4v) is 2.95. The molecule has 2 unspecified atom stereocenters. The van der Waals surface area contributed by atoms with E-state index in [0.29, 0.717) is 5.54 Å². The first-order chi connectivity index (χ1) is 7.46. The molecule has 1 rings (SSSR count). The topological polar surface area (TPSA) is 15.3 Å². The van der Waals surface area contributed by atoms with Gasteiger partial charge in [-0.05, 0) is 45.3 Å². The van der Waals surface area contributed by atoms with Crippen LogP contribution in [-0.4, -0.2) is 37.6 Å². The Bertz CT molecular complexity index is 201. The van der Waals surface area contributed by atoms with Crippen LogP contribution in [0.1, 0.15) is 46.5 Å². The van der Waals surface area contributed by atoms with Crippen molar-refractivity contribution in [3.05, 3.63) is 0 Å². The average molecular weight is 226 g/mol. The lowest BCUT2D eigenvalue weighted by atomic mass is 9.75. The van der Waals surface area contributed by atoms with Crippen LogP contribution in [0.3, 0.4) is 0 Å². The molecule has 0 aromatic rings. The van der Waals surface area contributed by atoms with Crippen LogP contribution in [0, 0.1) is 11.8 Å². The van der Waals surface area contributed by atoms with Crippen molar-refractivity contribution in [2.45, 2.75) is 52.0 Å². The van der Waals surface area contributed by atoms with Crippen LogP contribution in [0.4, 0.5) is 0 Å². The maximum Gasteiger partial charge on any atom is 0.0330 e. The van der Waals surface area contributed by atoms with E-state index in [0.717, 1.165) is 24.9 Å². The minimum atomic E-state index is 0.409. The summed E-state index contributed by atoms with van der Waals surface area (Å²) in [5, 5.41) is 3.66. The van der Waals surface area contributed by atoms with Gasteiger partial charge in [0, 0.05) is 12.1 Å². The summed E-state index contributed by atoms with van der Waals surface area (Å²) < 4.78 is 0. The molecule has 0 amide bonds. The Morgan fingerprint density at radius 1 is 1.38 bits per heavy atom. The first-order valence-corrected chi connectivity index (χ1v) is 6.84. The number of hydrogen-bond acceptors (Lipinski definition) is 2. The lowest BCUT2D eigenvalue weighted by Gasteiger charge is -2.45. The van der Waals surface area contributed by atoms with Crippen molar-refractivity contribution in [1.29, 1.82) is 0 Å². The lowest BCUT2D eigenvalue weighted by molar-refractivity contribution is 0.0747. The molecule has 0 aliphatic heterocycles. The van der Waals surface area contributed by atoms with Crippen molar-refractivity contribution in [2.75, 3.05) is 27.2 Å². The van der Waals surface area contributed by atoms with E-state index in [2.05, 4.69) is 45.1 Å². The normalized spacial score (nSPS) is 31.3. The van der Waals surface area contributed by atoms with E-state index in [9.17, 15) is 0 Å². The molecule has 1 aliphatic carbocycles. The van der Waals surface area contributed by atoms with Crippen LogP contribution >= 0.6 is 0 Å². The second-order valence-electron chi connectivity index (χ2n) is 6.35. The molecule has 96 valence electrons. The van der Waals surface area contributed by atoms with Gasteiger partial charge in [0.1, 0.15) is 0 Å². The van der Waals surface area contributed by atoms with Crippen LogP contribution in [0.25, 0.3) is 0 Å². The standard InChI is InChI=1S/C14H30N2/c1-12(2)10-15-11-14(16(4)5)8-6-7-13(3)9-14/h12-13,15H,6-11H2,1-5H3. The minimum absolute atomic E-state index is 0.409. The summed E-state index contributed by atoms with van der Waals surface area (Å²) in [7, 11) is 4.49. The minimum Gasteiger partial charge on any atom is -0.315 e. The maximum absolute atomic E-state index is 3.66. The Morgan fingerprint density at radius 2 is 2.06 bits per heavy atom. The Kier molecular flexibility index (Phi) is 5.26. The molecule has 0 aromatic heterocycles. The van der Waals surface area contributed by atoms with Crippen molar-refractivity contribution in [2.24, 2.45) is 11.8 Å². The Labute approximate surface area is 102 Å². The van der Waals surface area contributed by atoms with Crippen molar-refractivity contribution >= 4 is 0 Å². The zero-order valence-corrected chi connectivity index (χ0v) is 11.8. The number of nitrogens with zero attached hydrogens (tertiary/aromatic N) is 1. The molecule has 0 spiro atoms. The van der Waals surface area contributed by atoms with Crippen LogP contribution in [-0.2, 0) is 0 Å². The number of hydrogen-bond donors (Lipinski definition) is 1. The van der Waals surface area contributed by atoms with Gasteiger partial charge < -0.3 is 10.2 Å². The molecule has 1 aliphatic rings. The fourth-order valence-electron chi connectivity index (χ4n) is 2.95. The summed E-state index contributed by atoms with van der Waals surface area (Å²) in [6.45, 7) is 9.25. The molecule has 2 heteroatoms. The third kappa shape index (κ3) is 3.74. The van der Waals surface area contributed by atoms with Crippen molar-refractivity contribution in [3.8, 4) is 0 Å². The molecule has 2 atom stereocenters. The smallest absolute Gasteiger partial charge is 0.0330 e. The van der Waals surface area contributed by atoms with Gasteiger partial charge in [0.15, 0.2) is 0 Å². The number of rotatable bonds is 5. The Hall–Kier alpha value is -0.0800. The van der Waals surface area contributed by atoms with Crippen molar-refractivity contribution < 1.29 is 0 Å². The van der Waals surface area contributed by atoms with Gasteiger partial charge in [-0.2, -0.15) is 0 Å². The molecule has 1 fully saturated rings. The monoisotopic (exact) mass is 226 g/mol. The van der Waals surface area contributed by atoms with E-state index in [1.54, 1.807) is 0 Å². The molecule has 0 aromatic carbocycles. The number of nitrogens with one attached hydrogen (secondary N) is 1. The zero-order chi connectivity index (χ0) is 12.2. The zero-order valence-electron chi connectivity index (χ0n) is 11.8. The Morgan fingerprint density at radius 3 is 2.56 bits per heavy atom. The first kappa shape index (κ1) is 14.0. The van der Waals surface area contributed by atoms with Gasteiger partial charge in [0.05, 0.1) is 0 Å². The summed E-state index contributed by atoms with van der Waals surface area (Å²) >= 11 is 0. The fraction of sp³-hybridized carbons (Fsp3) is 1.00. The van der Waals surface area contributed by atoms with Gasteiger partial charge in [0.25, 0.3) is 0 Å². The highest BCUT2D eigenvalue weighted by atomic mass is 15.2. The molecule has 0 saturated heterocycles. The number of likely N-dealkylation sites (N-methyl/N-ethyl adjacent to an activating group) is 1. The molecular formula is C14H30N2. The SMILES string of the molecule is CC(C)CNCC1(N(C)C)CCCC(C)C1. The summed E-state index contributed by atoms with van der Waals surface area (Å²) in [6, 6.07) is 0. The quantitative estimate of drug-likeness (QED) is 0.775. The van der Waals surface area contributed by atoms with E-state index >= 15 is 0 Å². The average Bonchev–Trinajstić information content (AvgIpc) is 2.16. The maximum atomic E-state index is 3.66. The lowest BCUT2D eigenvalue weighted by Crippen LogP contribution is -2.54. The predicted octanol–water partition coefficient (Wildman–Crippen LogP) is 2.74. The molecule has 0 heterocycles. The molecular weight excluding hydrogens is 196 g/mol.